The van der Waals surface area contributed by atoms with Crippen LogP contribution in [0.4, 0.5) is 5.69 Å². The zero-order valence-corrected chi connectivity index (χ0v) is 16.6. The molecule has 26 heavy (non-hydrogen) atoms. The summed E-state index contributed by atoms with van der Waals surface area (Å²) in [6.45, 7) is 5.68. The molecule has 1 saturated heterocycles. The van der Waals surface area contributed by atoms with Crippen LogP contribution in [-0.4, -0.2) is 52.0 Å². The minimum atomic E-state index is -0.367. The summed E-state index contributed by atoms with van der Waals surface area (Å²) in [5.74, 6) is 0. The molecule has 1 aromatic heterocycles. The Morgan fingerprint density at radius 3 is 2.46 bits per heavy atom. The molecule has 140 valence electrons. The molecule has 2 heterocycles. The van der Waals surface area contributed by atoms with E-state index in [-0.39, 0.29) is 11.2 Å². The quantitative estimate of drug-likeness (QED) is 0.664. The van der Waals surface area contributed by atoms with Crippen LogP contribution < -0.4 is 16.1 Å². The van der Waals surface area contributed by atoms with Crippen LogP contribution in [0.25, 0.3) is 0 Å². The van der Waals surface area contributed by atoms with Crippen molar-refractivity contribution in [1.29, 1.82) is 0 Å². The van der Waals surface area contributed by atoms with Crippen LogP contribution in [0.5, 0.6) is 0 Å². The lowest BCUT2D eigenvalue weighted by Gasteiger charge is -2.36. The molecule has 1 aromatic carbocycles. The maximum absolute atomic E-state index is 11.9. The number of aromatic nitrogens is 3. The predicted molar refractivity (Wildman–Crippen MR) is 106 cm³/mol. The Morgan fingerprint density at radius 2 is 1.73 bits per heavy atom. The summed E-state index contributed by atoms with van der Waals surface area (Å²) in [7, 11) is 1.48. The van der Waals surface area contributed by atoms with Crippen molar-refractivity contribution in [3.63, 3.8) is 0 Å². The first-order valence-corrected chi connectivity index (χ1v) is 9.70. The van der Waals surface area contributed by atoms with Crippen molar-refractivity contribution in [2.45, 2.75) is 19.4 Å². The monoisotopic (exact) mass is 417 g/mol. The second-order valence-corrected chi connectivity index (χ2v) is 7.39. The molecule has 0 bridgehead atoms. The number of para-hydroxylation sites is 1. The fraction of sp³-hybridized carbons (Fsp3) is 0.500. The third-order valence-electron chi connectivity index (χ3n) is 4.81. The number of aryl methyl sites for hydroxylation is 1. The standard InChI is InChI=1S/C18H24BrN5O2/c1-21-17(25)14-20-24(18(21)26)9-5-4-8-22-10-12-23(13-11-22)16-7-3-2-6-15(16)19/h2-3,6-7,14H,4-5,8-13H2,1H3/i19-5. The topological polar surface area (TPSA) is 63.4 Å². The fourth-order valence-corrected chi connectivity index (χ4v) is 3.73. The highest BCUT2D eigenvalue weighted by atomic mass is 74.9. The van der Waals surface area contributed by atoms with Gasteiger partial charge in [-0.2, -0.15) is 5.10 Å². The Morgan fingerprint density at radius 1 is 1.04 bits per heavy atom. The molecule has 0 spiro atoms. The number of hydrogen-bond acceptors (Lipinski definition) is 5. The molecule has 2 aromatic rings. The van der Waals surface area contributed by atoms with Gasteiger partial charge in [-0.15, -0.1) is 0 Å². The van der Waals surface area contributed by atoms with Gasteiger partial charge in [0.25, 0.3) is 5.56 Å². The summed E-state index contributed by atoms with van der Waals surface area (Å²) in [6, 6.07) is 8.34. The molecule has 7 nitrogen and oxygen atoms in total. The van der Waals surface area contributed by atoms with E-state index < -0.39 is 0 Å². The number of anilines is 1. The van der Waals surface area contributed by atoms with Crippen LogP contribution in [-0.2, 0) is 13.6 Å². The highest BCUT2D eigenvalue weighted by Crippen LogP contribution is 2.26. The third-order valence-corrected chi connectivity index (χ3v) is 5.48. The first-order chi connectivity index (χ1) is 12.6. The van der Waals surface area contributed by atoms with Crippen LogP contribution >= 0.6 is 15.9 Å². The van der Waals surface area contributed by atoms with E-state index in [1.54, 1.807) is 0 Å². The first-order valence-electron chi connectivity index (χ1n) is 8.91. The van der Waals surface area contributed by atoms with E-state index in [9.17, 15) is 9.59 Å². The van der Waals surface area contributed by atoms with Gasteiger partial charge >= 0.3 is 5.69 Å². The predicted octanol–water partition coefficient (Wildman–Crippen LogP) is 1.31. The Kier molecular flexibility index (Phi) is 6.26. The van der Waals surface area contributed by atoms with Gasteiger partial charge in [0.05, 0.1) is 5.69 Å². The molecule has 0 unspecified atom stereocenters. The largest absolute Gasteiger partial charge is 0.368 e. The summed E-state index contributed by atoms with van der Waals surface area (Å²) in [4.78, 5) is 28.2. The van der Waals surface area contributed by atoms with Crippen molar-refractivity contribution in [3.8, 4) is 0 Å². The van der Waals surface area contributed by atoms with Gasteiger partial charge in [-0.1, -0.05) is 12.1 Å². The SMILES string of the molecule is Cn1c(=O)cnn(CCCCN2CCN(c3ccccc3[75Br])CC2)c1=O. The van der Waals surface area contributed by atoms with E-state index in [4.69, 9.17) is 0 Å². The fourth-order valence-electron chi connectivity index (χ4n) is 3.19. The Balaban J connectivity index is 1.42. The molecule has 0 radical (unpaired) electrons. The van der Waals surface area contributed by atoms with Crippen molar-refractivity contribution >= 4 is 21.6 Å². The molecule has 1 aliphatic heterocycles. The van der Waals surface area contributed by atoms with Gasteiger partial charge in [0.1, 0.15) is 6.20 Å². The van der Waals surface area contributed by atoms with Gasteiger partial charge in [0.2, 0.25) is 0 Å². The molecule has 0 N–H and O–H groups in total. The average Bonchev–Trinajstić information content (AvgIpc) is 2.66. The van der Waals surface area contributed by atoms with Crippen LogP contribution in [0.2, 0.25) is 0 Å². The number of benzene rings is 1. The second kappa shape index (κ2) is 8.64. The Hall–Kier alpha value is -1.93. The van der Waals surface area contributed by atoms with Crippen LogP contribution in [0.1, 0.15) is 12.8 Å². The summed E-state index contributed by atoms with van der Waals surface area (Å²) in [5.41, 5.74) is 0.543. The molecule has 1 aliphatic rings. The van der Waals surface area contributed by atoms with E-state index in [1.165, 1.54) is 23.6 Å². The van der Waals surface area contributed by atoms with Crippen molar-refractivity contribution in [2.24, 2.45) is 7.05 Å². The lowest BCUT2D eigenvalue weighted by Crippen LogP contribution is -2.46. The summed E-state index contributed by atoms with van der Waals surface area (Å²) in [5, 5.41) is 3.92. The van der Waals surface area contributed by atoms with Gasteiger partial charge in [-0.25, -0.2) is 9.48 Å². The maximum Gasteiger partial charge on any atom is 0.347 e. The molecule has 0 saturated carbocycles. The Bertz CT molecular complexity index is 855. The number of unbranched alkanes of at least 4 members (excludes halogenated alkanes) is 1. The Labute approximate surface area is 161 Å². The number of piperazine rings is 1. The number of rotatable bonds is 6. The van der Waals surface area contributed by atoms with Gasteiger partial charge in [0.15, 0.2) is 0 Å². The number of halogens is 1. The molecule has 3 rings (SSSR count). The van der Waals surface area contributed by atoms with Crippen molar-refractivity contribution < 1.29 is 0 Å². The first kappa shape index (κ1) is 18.8. The van der Waals surface area contributed by atoms with E-state index in [1.807, 2.05) is 6.07 Å². The van der Waals surface area contributed by atoms with Crippen LogP contribution in [0, 0.1) is 0 Å². The summed E-state index contributed by atoms with van der Waals surface area (Å²) < 4.78 is 3.60. The molecule has 0 aliphatic carbocycles. The van der Waals surface area contributed by atoms with Gasteiger partial charge < -0.3 is 4.90 Å². The molecular weight excluding hydrogens is 393 g/mol. The minimum absolute atomic E-state index is 0.348. The van der Waals surface area contributed by atoms with Gasteiger partial charge in [-0.05, 0) is 47.4 Å². The number of hydrogen-bond donors (Lipinski definition) is 0. The highest BCUT2D eigenvalue weighted by Gasteiger charge is 2.18. The van der Waals surface area contributed by atoms with Crippen molar-refractivity contribution in [3.05, 3.63) is 55.8 Å². The highest BCUT2D eigenvalue weighted by molar-refractivity contribution is 9.10. The van der Waals surface area contributed by atoms with Crippen molar-refractivity contribution in [2.75, 3.05) is 37.6 Å². The number of nitrogens with zero attached hydrogens (tertiary/aromatic N) is 5. The molecule has 0 amide bonds. The van der Waals surface area contributed by atoms with E-state index in [0.29, 0.717) is 6.54 Å². The molecular formula is C18H24BrN5O2. The van der Waals surface area contributed by atoms with E-state index in [0.717, 1.165) is 54.6 Å². The van der Waals surface area contributed by atoms with Crippen molar-refractivity contribution in [1.82, 2.24) is 19.2 Å². The molecule has 0 atom stereocenters. The zero-order chi connectivity index (χ0) is 18.5. The second-order valence-electron chi connectivity index (χ2n) is 6.53. The molecule has 1 fully saturated rings. The molecule has 8 heteroatoms. The minimum Gasteiger partial charge on any atom is -0.368 e. The van der Waals surface area contributed by atoms with E-state index in [2.05, 4.69) is 49.0 Å². The average molecular weight is 417 g/mol. The van der Waals surface area contributed by atoms with E-state index >= 15 is 0 Å². The zero-order valence-electron chi connectivity index (χ0n) is 15.0. The maximum atomic E-state index is 11.9. The van der Waals surface area contributed by atoms with Crippen LogP contribution in [0.15, 0.2) is 44.5 Å². The summed E-state index contributed by atoms with van der Waals surface area (Å²) in [6.07, 6.45) is 3.07. The van der Waals surface area contributed by atoms with Crippen LogP contribution in [0.3, 0.4) is 0 Å². The lowest BCUT2D eigenvalue weighted by molar-refractivity contribution is 0.250. The lowest BCUT2D eigenvalue weighted by atomic mass is 10.2. The third kappa shape index (κ3) is 4.42. The van der Waals surface area contributed by atoms with Gasteiger partial charge in [-0.3, -0.25) is 14.3 Å². The summed E-state index contributed by atoms with van der Waals surface area (Å²) >= 11 is 3.63. The smallest absolute Gasteiger partial charge is 0.347 e. The van der Waals surface area contributed by atoms with Gasteiger partial charge in [0, 0.05) is 44.2 Å². The normalized spacial score (nSPS) is 15.4.